The molecule has 146 valence electrons. The van der Waals surface area contributed by atoms with Gasteiger partial charge >= 0.3 is 0 Å². The van der Waals surface area contributed by atoms with Gasteiger partial charge in [-0.25, -0.2) is 0 Å². The van der Waals surface area contributed by atoms with E-state index in [0.29, 0.717) is 5.92 Å². The van der Waals surface area contributed by atoms with Gasteiger partial charge in [0.15, 0.2) is 0 Å². The van der Waals surface area contributed by atoms with Crippen molar-refractivity contribution in [2.45, 2.75) is 32.6 Å². The van der Waals surface area contributed by atoms with E-state index in [4.69, 9.17) is 0 Å². The van der Waals surface area contributed by atoms with Gasteiger partial charge < -0.3 is 0 Å². The van der Waals surface area contributed by atoms with E-state index in [1.165, 1.54) is 22.3 Å². The van der Waals surface area contributed by atoms with Crippen molar-refractivity contribution in [3.05, 3.63) is 101 Å². The Labute approximate surface area is 172 Å². The van der Waals surface area contributed by atoms with Crippen molar-refractivity contribution < 1.29 is 0 Å². The molecule has 0 aliphatic heterocycles. The van der Waals surface area contributed by atoms with Gasteiger partial charge in [-0.3, -0.25) is 9.67 Å². The normalized spacial score (nSPS) is 12.1. The van der Waals surface area contributed by atoms with Crippen molar-refractivity contribution in [1.29, 1.82) is 0 Å². The van der Waals surface area contributed by atoms with Gasteiger partial charge in [0.2, 0.25) is 0 Å². The van der Waals surface area contributed by atoms with E-state index in [-0.39, 0.29) is 0 Å². The maximum atomic E-state index is 4.32. The van der Waals surface area contributed by atoms with E-state index in [2.05, 4.69) is 82.9 Å². The second kappa shape index (κ2) is 8.39. The predicted octanol–water partition coefficient (Wildman–Crippen LogP) is 5.26. The fourth-order valence-corrected chi connectivity index (χ4v) is 3.92. The van der Waals surface area contributed by atoms with Crippen LogP contribution in [0.2, 0.25) is 0 Å². The number of rotatable bonds is 6. The first kappa shape index (κ1) is 19.1. The molecule has 2 heterocycles. The van der Waals surface area contributed by atoms with Crippen LogP contribution >= 0.6 is 0 Å². The van der Waals surface area contributed by atoms with Gasteiger partial charge in [-0.05, 0) is 61.1 Å². The minimum absolute atomic E-state index is 0.348. The standard InChI is InChI=1S/C25H26N4/c1-18-6-4-5-7-23(18)24(13-8-20-14-15-26-19(2)16-20)21-9-11-22(12-10-21)25-17-29(3)28-27-25/h4-7,9-12,14-17,24H,8,13H2,1-3H3/t24-/m1/s1. The van der Waals surface area contributed by atoms with Crippen LogP contribution < -0.4 is 0 Å². The molecule has 0 aliphatic rings. The van der Waals surface area contributed by atoms with Crippen molar-refractivity contribution in [2.24, 2.45) is 7.05 Å². The van der Waals surface area contributed by atoms with E-state index >= 15 is 0 Å². The summed E-state index contributed by atoms with van der Waals surface area (Å²) in [4.78, 5) is 4.32. The maximum Gasteiger partial charge on any atom is 0.113 e. The number of aromatic nitrogens is 4. The van der Waals surface area contributed by atoms with E-state index in [9.17, 15) is 0 Å². The fourth-order valence-electron chi connectivity index (χ4n) is 3.92. The SMILES string of the molecule is Cc1cc(CC[C@H](c2ccc(-c3cn(C)nn3)cc2)c2ccccc2C)ccn1. The molecular weight excluding hydrogens is 356 g/mol. The van der Waals surface area contributed by atoms with Gasteiger partial charge in [-0.15, -0.1) is 5.10 Å². The molecule has 4 rings (SSSR count). The molecule has 4 nitrogen and oxygen atoms in total. The largest absolute Gasteiger partial charge is 0.262 e. The number of pyridine rings is 1. The summed E-state index contributed by atoms with van der Waals surface area (Å²) >= 11 is 0. The molecule has 1 atom stereocenters. The van der Waals surface area contributed by atoms with Gasteiger partial charge in [0.05, 0.1) is 6.20 Å². The molecule has 0 unspecified atom stereocenters. The summed E-state index contributed by atoms with van der Waals surface area (Å²) in [5, 5.41) is 8.27. The first-order chi connectivity index (χ1) is 14.1. The summed E-state index contributed by atoms with van der Waals surface area (Å²) in [5.41, 5.74) is 8.47. The average Bonchev–Trinajstić information content (AvgIpc) is 3.16. The van der Waals surface area contributed by atoms with Crippen LogP contribution in [0.1, 0.15) is 40.3 Å². The Balaban J connectivity index is 1.63. The number of hydrogen-bond donors (Lipinski definition) is 0. The summed E-state index contributed by atoms with van der Waals surface area (Å²) in [6.07, 6.45) is 5.93. The fraction of sp³-hybridized carbons (Fsp3) is 0.240. The first-order valence-corrected chi connectivity index (χ1v) is 10.0. The molecule has 2 aromatic heterocycles. The molecule has 0 amide bonds. The molecule has 0 bridgehead atoms. The van der Waals surface area contributed by atoms with Crippen molar-refractivity contribution >= 4 is 0 Å². The number of nitrogens with zero attached hydrogens (tertiary/aromatic N) is 4. The van der Waals surface area contributed by atoms with Crippen molar-refractivity contribution in [3.8, 4) is 11.3 Å². The van der Waals surface area contributed by atoms with Crippen LogP contribution in [-0.2, 0) is 13.5 Å². The molecule has 0 N–H and O–H groups in total. The quantitative estimate of drug-likeness (QED) is 0.457. The third-order valence-corrected chi connectivity index (χ3v) is 5.46. The Morgan fingerprint density at radius 2 is 1.76 bits per heavy atom. The Kier molecular flexibility index (Phi) is 5.52. The summed E-state index contributed by atoms with van der Waals surface area (Å²) in [7, 11) is 1.89. The van der Waals surface area contributed by atoms with Crippen LogP contribution in [0.4, 0.5) is 0 Å². The van der Waals surface area contributed by atoms with Crippen molar-refractivity contribution in [3.63, 3.8) is 0 Å². The van der Waals surface area contributed by atoms with Crippen LogP contribution in [-0.4, -0.2) is 20.0 Å². The third kappa shape index (κ3) is 4.43. The summed E-state index contributed by atoms with van der Waals surface area (Å²) < 4.78 is 1.73. The Morgan fingerprint density at radius 1 is 0.966 bits per heavy atom. The second-order valence-electron chi connectivity index (χ2n) is 7.65. The van der Waals surface area contributed by atoms with Gasteiger partial charge in [0.1, 0.15) is 5.69 Å². The highest BCUT2D eigenvalue weighted by Gasteiger charge is 2.17. The highest BCUT2D eigenvalue weighted by atomic mass is 15.4. The average molecular weight is 383 g/mol. The van der Waals surface area contributed by atoms with Gasteiger partial charge in [0, 0.05) is 30.4 Å². The van der Waals surface area contributed by atoms with E-state index in [0.717, 1.165) is 29.8 Å². The topological polar surface area (TPSA) is 43.6 Å². The van der Waals surface area contributed by atoms with Gasteiger partial charge in [-0.2, -0.15) is 0 Å². The molecule has 0 saturated carbocycles. The van der Waals surface area contributed by atoms with Gasteiger partial charge in [0.25, 0.3) is 0 Å². The lowest BCUT2D eigenvalue weighted by molar-refractivity contribution is 0.710. The van der Waals surface area contributed by atoms with Crippen molar-refractivity contribution in [1.82, 2.24) is 20.0 Å². The van der Waals surface area contributed by atoms with Crippen LogP contribution in [0.15, 0.2) is 73.1 Å². The highest BCUT2D eigenvalue weighted by molar-refractivity contribution is 5.58. The van der Waals surface area contributed by atoms with Crippen molar-refractivity contribution in [2.75, 3.05) is 0 Å². The zero-order valence-corrected chi connectivity index (χ0v) is 17.2. The molecule has 0 saturated heterocycles. The summed E-state index contributed by atoms with van der Waals surface area (Å²) in [6.45, 7) is 4.25. The number of benzene rings is 2. The molecule has 2 aromatic carbocycles. The number of hydrogen-bond acceptors (Lipinski definition) is 3. The minimum atomic E-state index is 0.348. The second-order valence-corrected chi connectivity index (χ2v) is 7.65. The minimum Gasteiger partial charge on any atom is -0.262 e. The zero-order chi connectivity index (χ0) is 20.2. The van der Waals surface area contributed by atoms with Gasteiger partial charge in [-0.1, -0.05) is 53.7 Å². The van der Waals surface area contributed by atoms with Crippen LogP contribution in [0.5, 0.6) is 0 Å². The molecule has 0 fully saturated rings. The highest BCUT2D eigenvalue weighted by Crippen LogP contribution is 2.32. The lowest BCUT2D eigenvalue weighted by Crippen LogP contribution is -2.05. The Morgan fingerprint density at radius 3 is 2.45 bits per heavy atom. The third-order valence-electron chi connectivity index (χ3n) is 5.46. The molecular formula is C25H26N4. The molecule has 4 heteroatoms. The molecule has 29 heavy (non-hydrogen) atoms. The van der Waals surface area contributed by atoms with Crippen LogP contribution in [0, 0.1) is 13.8 Å². The van der Waals surface area contributed by atoms with E-state index in [1.807, 2.05) is 26.4 Å². The summed E-state index contributed by atoms with van der Waals surface area (Å²) in [6, 6.07) is 21.8. The zero-order valence-electron chi connectivity index (χ0n) is 17.2. The molecule has 0 radical (unpaired) electrons. The van der Waals surface area contributed by atoms with E-state index in [1.54, 1.807) is 4.68 Å². The molecule has 0 spiro atoms. The van der Waals surface area contributed by atoms with E-state index < -0.39 is 0 Å². The Bertz CT molecular complexity index is 1100. The lowest BCUT2D eigenvalue weighted by Gasteiger charge is -2.20. The van der Waals surface area contributed by atoms with Crippen LogP contribution in [0.25, 0.3) is 11.3 Å². The van der Waals surface area contributed by atoms with Crippen LogP contribution in [0.3, 0.4) is 0 Å². The maximum absolute atomic E-state index is 4.32. The number of aryl methyl sites for hydroxylation is 4. The lowest BCUT2D eigenvalue weighted by atomic mass is 9.84. The monoisotopic (exact) mass is 382 g/mol. The predicted molar refractivity (Wildman–Crippen MR) is 117 cm³/mol. The Hall–Kier alpha value is -3.27. The molecule has 4 aromatic rings. The smallest absolute Gasteiger partial charge is 0.113 e. The summed E-state index contributed by atoms with van der Waals surface area (Å²) in [5.74, 6) is 0.348. The first-order valence-electron chi connectivity index (χ1n) is 10.0. The molecule has 0 aliphatic carbocycles.